The van der Waals surface area contributed by atoms with Crippen LogP contribution in [0.25, 0.3) is 0 Å². The van der Waals surface area contributed by atoms with E-state index in [0.717, 1.165) is 13.0 Å². The summed E-state index contributed by atoms with van der Waals surface area (Å²) in [7, 11) is 0. The van der Waals surface area contributed by atoms with Crippen LogP contribution in [-0.2, 0) is 6.42 Å². The predicted molar refractivity (Wildman–Crippen MR) is 95.8 cm³/mol. The van der Waals surface area contributed by atoms with E-state index in [1.165, 1.54) is 10.4 Å². The number of amides is 1. The van der Waals surface area contributed by atoms with Crippen molar-refractivity contribution < 1.29 is 4.79 Å². The number of nitrogens with one attached hydrogen (secondary N) is 1. The summed E-state index contributed by atoms with van der Waals surface area (Å²) in [5.41, 5.74) is 8.41. The van der Waals surface area contributed by atoms with Gasteiger partial charge in [-0.1, -0.05) is 0 Å². The highest BCUT2D eigenvalue weighted by atomic mass is 32.1. The lowest BCUT2D eigenvalue weighted by Gasteiger charge is -2.39. The second kappa shape index (κ2) is 6.72. The highest BCUT2D eigenvalue weighted by Gasteiger charge is 2.29. The molecule has 3 N–H and O–H groups in total. The minimum absolute atomic E-state index is 0.0430. The molecule has 0 bridgehead atoms. The smallest absolute Gasteiger partial charge is 0.251 e. The molecule has 0 spiro atoms. The van der Waals surface area contributed by atoms with Gasteiger partial charge in [0.1, 0.15) is 0 Å². The van der Waals surface area contributed by atoms with Gasteiger partial charge in [0, 0.05) is 41.3 Å². The molecule has 3 rings (SSSR count). The summed E-state index contributed by atoms with van der Waals surface area (Å²) in [6.45, 7) is 6.03. The minimum atomic E-state index is -0.0430. The van der Waals surface area contributed by atoms with Crippen molar-refractivity contribution in [1.29, 1.82) is 0 Å². The summed E-state index contributed by atoms with van der Waals surface area (Å²) in [6, 6.07) is 10.2. The fourth-order valence-corrected chi connectivity index (χ4v) is 4.37. The molecule has 23 heavy (non-hydrogen) atoms. The number of anilines is 1. The van der Waals surface area contributed by atoms with Gasteiger partial charge < -0.3 is 11.1 Å². The Morgan fingerprint density at radius 2 is 2.04 bits per heavy atom. The Morgan fingerprint density at radius 3 is 2.78 bits per heavy atom. The molecule has 5 heteroatoms. The van der Waals surface area contributed by atoms with E-state index in [9.17, 15) is 4.79 Å². The Bertz CT molecular complexity index is 680. The first kappa shape index (κ1) is 16.0. The topological polar surface area (TPSA) is 58.4 Å². The number of carbonyl (C=O) groups is 1. The van der Waals surface area contributed by atoms with Crippen LogP contribution in [0, 0.1) is 0 Å². The summed E-state index contributed by atoms with van der Waals surface area (Å²) in [6.07, 6.45) is 1.10. The van der Waals surface area contributed by atoms with Gasteiger partial charge in [-0.15, -0.1) is 11.3 Å². The van der Waals surface area contributed by atoms with Gasteiger partial charge in [-0.25, -0.2) is 0 Å². The Hall–Kier alpha value is -1.85. The highest BCUT2D eigenvalue weighted by Crippen LogP contribution is 2.35. The van der Waals surface area contributed by atoms with Gasteiger partial charge in [0.05, 0.1) is 0 Å². The molecular formula is C18H23N3OS. The van der Waals surface area contributed by atoms with Crippen molar-refractivity contribution in [2.45, 2.75) is 32.4 Å². The van der Waals surface area contributed by atoms with Crippen LogP contribution in [0.5, 0.6) is 0 Å². The molecule has 0 fully saturated rings. The largest absolute Gasteiger partial charge is 0.399 e. The van der Waals surface area contributed by atoms with Crippen molar-refractivity contribution in [1.82, 2.24) is 10.2 Å². The molecule has 1 aromatic carbocycles. The lowest BCUT2D eigenvalue weighted by Crippen LogP contribution is -2.44. The van der Waals surface area contributed by atoms with E-state index in [1.54, 1.807) is 24.3 Å². The van der Waals surface area contributed by atoms with Crippen LogP contribution in [-0.4, -0.2) is 29.9 Å². The van der Waals surface area contributed by atoms with Crippen LogP contribution in [0.1, 0.15) is 40.7 Å². The minimum Gasteiger partial charge on any atom is -0.399 e. The maximum atomic E-state index is 12.1. The van der Waals surface area contributed by atoms with E-state index in [0.29, 0.717) is 29.9 Å². The summed E-state index contributed by atoms with van der Waals surface area (Å²) < 4.78 is 0. The van der Waals surface area contributed by atoms with Crippen LogP contribution in [0.4, 0.5) is 5.69 Å². The standard InChI is InChI=1S/C18H23N3OS/c1-12-11-17-16(7-10-23-17)13(2)21(12)9-8-20-18(22)14-3-5-15(19)6-4-14/h3-7,10,12-13H,8-9,11,19H2,1-2H3,(H,20,22). The van der Waals surface area contributed by atoms with Gasteiger partial charge in [-0.05, 0) is 61.5 Å². The van der Waals surface area contributed by atoms with Crippen molar-refractivity contribution >= 4 is 22.9 Å². The second-order valence-corrected chi connectivity index (χ2v) is 7.14. The first-order valence-electron chi connectivity index (χ1n) is 8.02. The molecule has 0 saturated carbocycles. The zero-order chi connectivity index (χ0) is 16.4. The first-order chi connectivity index (χ1) is 11.1. The summed E-state index contributed by atoms with van der Waals surface area (Å²) >= 11 is 1.86. The fourth-order valence-electron chi connectivity index (χ4n) is 3.28. The lowest BCUT2D eigenvalue weighted by atomic mass is 9.96. The SMILES string of the molecule is CC1Cc2sccc2C(C)N1CCNC(=O)c1ccc(N)cc1. The van der Waals surface area contributed by atoms with Crippen molar-refractivity contribution in [2.24, 2.45) is 0 Å². The van der Waals surface area contributed by atoms with E-state index in [4.69, 9.17) is 5.73 Å². The van der Waals surface area contributed by atoms with Gasteiger partial charge >= 0.3 is 0 Å². The van der Waals surface area contributed by atoms with E-state index in [-0.39, 0.29) is 5.91 Å². The van der Waals surface area contributed by atoms with Crippen molar-refractivity contribution in [3.63, 3.8) is 0 Å². The third-order valence-electron chi connectivity index (χ3n) is 4.60. The van der Waals surface area contributed by atoms with Gasteiger partial charge in [0.15, 0.2) is 0 Å². The molecule has 1 aromatic heterocycles. The van der Waals surface area contributed by atoms with Gasteiger partial charge in [-0.2, -0.15) is 0 Å². The van der Waals surface area contributed by atoms with Crippen molar-refractivity contribution in [2.75, 3.05) is 18.8 Å². The second-order valence-electron chi connectivity index (χ2n) is 6.14. The lowest BCUT2D eigenvalue weighted by molar-refractivity contribution is 0.0929. The number of carbonyl (C=O) groups excluding carboxylic acids is 1. The Balaban J connectivity index is 1.56. The number of nitrogens with two attached hydrogens (primary N) is 1. The molecule has 2 atom stereocenters. The van der Waals surface area contributed by atoms with Crippen LogP contribution in [0.15, 0.2) is 35.7 Å². The Morgan fingerprint density at radius 1 is 1.30 bits per heavy atom. The van der Waals surface area contributed by atoms with Crippen molar-refractivity contribution in [3.05, 3.63) is 51.7 Å². The fraction of sp³-hybridized carbons (Fsp3) is 0.389. The zero-order valence-corrected chi connectivity index (χ0v) is 14.4. The molecule has 2 heterocycles. The van der Waals surface area contributed by atoms with E-state index < -0.39 is 0 Å². The van der Waals surface area contributed by atoms with E-state index in [1.807, 2.05) is 11.3 Å². The van der Waals surface area contributed by atoms with E-state index in [2.05, 4.69) is 35.5 Å². The average molecular weight is 329 g/mol. The van der Waals surface area contributed by atoms with Crippen LogP contribution >= 0.6 is 11.3 Å². The number of fused-ring (bicyclic) bond motifs is 1. The normalized spacial score (nSPS) is 21.0. The average Bonchev–Trinajstić information content (AvgIpc) is 2.99. The number of thiophene rings is 1. The van der Waals surface area contributed by atoms with Gasteiger partial charge in [0.2, 0.25) is 0 Å². The predicted octanol–water partition coefficient (Wildman–Crippen LogP) is 3.07. The Kier molecular flexibility index (Phi) is 4.68. The monoisotopic (exact) mass is 329 g/mol. The van der Waals surface area contributed by atoms with Gasteiger partial charge in [-0.3, -0.25) is 9.69 Å². The summed E-state index contributed by atoms with van der Waals surface area (Å²) in [5.74, 6) is -0.0430. The molecular weight excluding hydrogens is 306 g/mol. The maximum Gasteiger partial charge on any atom is 0.251 e. The van der Waals surface area contributed by atoms with Gasteiger partial charge in [0.25, 0.3) is 5.91 Å². The molecule has 1 aliphatic rings. The summed E-state index contributed by atoms with van der Waals surface area (Å²) in [4.78, 5) is 16.1. The third-order valence-corrected chi connectivity index (χ3v) is 5.56. The number of nitrogens with zero attached hydrogens (tertiary/aromatic N) is 1. The molecule has 1 amide bonds. The zero-order valence-electron chi connectivity index (χ0n) is 13.6. The number of rotatable bonds is 4. The van der Waals surface area contributed by atoms with Crippen LogP contribution < -0.4 is 11.1 Å². The molecule has 2 aromatic rings. The first-order valence-corrected chi connectivity index (χ1v) is 8.90. The Labute approximate surface area is 141 Å². The van der Waals surface area contributed by atoms with Crippen LogP contribution in [0.3, 0.4) is 0 Å². The highest BCUT2D eigenvalue weighted by molar-refractivity contribution is 7.10. The molecule has 0 radical (unpaired) electrons. The molecule has 122 valence electrons. The molecule has 1 aliphatic heterocycles. The summed E-state index contributed by atoms with van der Waals surface area (Å²) in [5, 5.41) is 5.19. The third kappa shape index (κ3) is 3.41. The quantitative estimate of drug-likeness (QED) is 0.848. The molecule has 0 aliphatic carbocycles. The number of hydrogen-bond acceptors (Lipinski definition) is 4. The maximum absolute atomic E-state index is 12.1. The number of hydrogen-bond donors (Lipinski definition) is 2. The molecule has 2 unspecified atom stereocenters. The molecule has 0 saturated heterocycles. The van der Waals surface area contributed by atoms with Crippen molar-refractivity contribution in [3.8, 4) is 0 Å². The molecule has 4 nitrogen and oxygen atoms in total. The van der Waals surface area contributed by atoms with E-state index >= 15 is 0 Å². The number of benzene rings is 1. The number of nitrogen functional groups attached to an aromatic ring is 1. The van der Waals surface area contributed by atoms with Crippen LogP contribution in [0.2, 0.25) is 0 Å².